The first-order valence-electron chi connectivity index (χ1n) is 9.51. The minimum atomic E-state index is -0.303. The highest BCUT2D eigenvalue weighted by molar-refractivity contribution is 5.74. The summed E-state index contributed by atoms with van der Waals surface area (Å²) >= 11 is 0. The van der Waals surface area contributed by atoms with E-state index in [0.29, 0.717) is 0 Å². The average molecular weight is 312 g/mol. The summed E-state index contributed by atoms with van der Waals surface area (Å²) in [4.78, 5) is 11.4. The fraction of sp³-hybridized carbons (Fsp3) is 0.947. The molecule has 0 aromatic carbocycles. The number of rotatable bonds is 13. The number of hydrogen-bond donors (Lipinski definition) is 0. The van der Waals surface area contributed by atoms with Gasteiger partial charge in [0, 0.05) is 0 Å². The van der Waals surface area contributed by atoms with Crippen LogP contribution >= 0.6 is 0 Å². The topological polar surface area (TPSA) is 35.5 Å². The van der Waals surface area contributed by atoms with Crippen LogP contribution in [-0.4, -0.2) is 25.3 Å². The molecular formula is C19H36O3. The van der Waals surface area contributed by atoms with Crippen LogP contribution in [0.1, 0.15) is 96.8 Å². The smallest absolute Gasteiger partial charge is 0.334 e. The minimum absolute atomic E-state index is 0.207. The van der Waals surface area contributed by atoms with Gasteiger partial charge in [-0.1, -0.05) is 77.6 Å². The number of ether oxygens (including phenoxy) is 2. The average Bonchev–Trinajstić information content (AvgIpc) is 3.00. The Balaban J connectivity index is 1.83. The normalized spacial score (nSPS) is 21.2. The highest BCUT2D eigenvalue weighted by Gasteiger charge is 2.30. The summed E-state index contributed by atoms with van der Waals surface area (Å²) in [6, 6.07) is 0. The molecule has 1 fully saturated rings. The Kier molecular flexibility index (Phi) is 11.4. The van der Waals surface area contributed by atoms with Crippen LogP contribution in [0, 0.1) is 0 Å². The van der Waals surface area contributed by atoms with Crippen molar-refractivity contribution in [3.63, 3.8) is 0 Å². The highest BCUT2D eigenvalue weighted by Crippen LogP contribution is 2.25. The minimum Gasteiger partial charge on any atom is -0.467 e. The molecule has 1 rings (SSSR count). The Morgan fingerprint density at radius 2 is 1.45 bits per heavy atom. The van der Waals surface area contributed by atoms with Crippen LogP contribution in [0.15, 0.2) is 0 Å². The summed E-state index contributed by atoms with van der Waals surface area (Å²) in [5.74, 6) is -0.207. The Labute approximate surface area is 137 Å². The maximum Gasteiger partial charge on any atom is 0.334 e. The van der Waals surface area contributed by atoms with Gasteiger partial charge in [0.15, 0.2) is 6.10 Å². The fourth-order valence-corrected chi connectivity index (χ4v) is 3.26. The molecule has 3 nitrogen and oxygen atoms in total. The molecule has 0 saturated carbocycles. The van der Waals surface area contributed by atoms with Gasteiger partial charge in [-0.15, -0.1) is 0 Å². The molecule has 1 saturated heterocycles. The van der Waals surface area contributed by atoms with Crippen molar-refractivity contribution in [2.45, 2.75) is 109 Å². The number of esters is 1. The molecule has 0 spiro atoms. The molecule has 1 aliphatic heterocycles. The predicted octanol–water partition coefficient (Wildman–Crippen LogP) is 5.41. The van der Waals surface area contributed by atoms with E-state index in [1.807, 2.05) is 0 Å². The van der Waals surface area contributed by atoms with Crippen LogP contribution < -0.4 is 0 Å². The van der Waals surface area contributed by atoms with Gasteiger partial charge >= 0.3 is 5.97 Å². The lowest BCUT2D eigenvalue weighted by Crippen LogP contribution is -2.22. The van der Waals surface area contributed by atoms with Gasteiger partial charge in [-0.05, 0) is 19.3 Å². The summed E-state index contributed by atoms with van der Waals surface area (Å²) in [5, 5.41) is 0. The molecule has 0 aliphatic carbocycles. The van der Waals surface area contributed by atoms with Crippen molar-refractivity contribution in [2.24, 2.45) is 0 Å². The zero-order valence-corrected chi connectivity index (χ0v) is 14.8. The van der Waals surface area contributed by atoms with Gasteiger partial charge in [0.1, 0.15) is 0 Å². The van der Waals surface area contributed by atoms with E-state index >= 15 is 0 Å². The number of methoxy groups -OCH3 is 1. The van der Waals surface area contributed by atoms with Crippen LogP contribution in [0.4, 0.5) is 0 Å². The van der Waals surface area contributed by atoms with Crippen molar-refractivity contribution in [2.75, 3.05) is 7.11 Å². The van der Waals surface area contributed by atoms with E-state index in [9.17, 15) is 4.79 Å². The van der Waals surface area contributed by atoms with Crippen LogP contribution in [0.5, 0.6) is 0 Å². The van der Waals surface area contributed by atoms with E-state index in [0.717, 1.165) is 19.3 Å². The second-order valence-electron chi connectivity index (χ2n) is 6.67. The molecule has 2 unspecified atom stereocenters. The maximum atomic E-state index is 11.4. The first-order chi connectivity index (χ1) is 10.8. The molecule has 0 aromatic rings. The summed E-state index contributed by atoms with van der Waals surface area (Å²) in [5.41, 5.74) is 0. The lowest BCUT2D eigenvalue weighted by atomic mass is 10.0. The molecule has 0 amide bonds. The van der Waals surface area contributed by atoms with Crippen molar-refractivity contribution in [1.29, 1.82) is 0 Å². The van der Waals surface area contributed by atoms with Gasteiger partial charge in [-0.2, -0.15) is 0 Å². The molecule has 1 heterocycles. The molecule has 0 N–H and O–H groups in total. The van der Waals surface area contributed by atoms with Gasteiger partial charge in [-0.3, -0.25) is 0 Å². The van der Waals surface area contributed by atoms with Gasteiger partial charge in [0.2, 0.25) is 0 Å². The molecule has 130 valence electrons. The second-order valence-corrected chi connectivity index (χ2v) is 6.67. The Morgan fingerprint density at radius 1 is 0.909 bits per heavy atom. The third-order valence-electron chi connectivity index (χ3n) is 4.70. The summed E-state index contributed by atoms with van der Waals surface area (Å²) in [6.07, 6.45) is 18.0. The summed E-state index contributed by atoms with van der Waals surface area (Å²) < 4.78 is 10.5. The van der Waals surface area contributed by atoms with Gasteiger partial charge in [0.25, 0.3) is 0 Å². The van der Waals surface area contributed by atoms with Crippen molar-refractivity contribution in [3.05, 3.63) is 0 Å². The van der Waals surface area contributed by atoms with E-state index in [2.05, 4.69) is 6.92 Å². The largest absolute Gasteiger partial charge is 0.467 e. The standard InChI is InChI=1S/C19H36O3/c1-3-4-5-6-7-8-9-10-11-12-13-14-17-15-16-18(22-17)19(20)21-2/h17-18H,3-16H2,1-2H3. The zero-order chi connectivity index (χ0) is 16.0. The second kappa shape index (κ2) is 12.9. The van der Waals surface area contributed by atoms with Crippen LogP contribution in [0.2, 0.25) is 0 Å². The Hall–Kier alpha value is -0.570. The molecule has 22 heavy (non-hydrogen) atoms. The van der Waals surface area contributed by atoms with Gasteiger partial charge in [-0.25, -0.2) is 4.79 Å². The lowest BCUT2D eigenvalue weighted by molar-refractivity contribution is -0.153. The summed E-state index contributed by atoms with van der Waals surface area (Å²) in [6.45, 7) is 2.27. The first kappa shape index (κ1) is 19.5. The monoisotopic (exact) mass is 312 g/mol. The molecule has 0 bridgehead atoms. The fourth-order valence-electron chi connectivity index (χ4n) is 3.26. The van der Waals surface area contributed by atoms with Crippen LogP contribution in [0.25, 0.3) is 0 Å². The predicted molar refractivity (Wildman–Crippen MR) is 91.0 cm³/mol. The third kappa shape index (κ3) is 8.77. The van der Waals surface area contributed by atoms with Gasteiger partial charge in [0.05, 0.1) is 13.2 Å². The van der Waals surface area contributed by atoms with E-state index in [1.165, 1.54) is 77.7 Å². The van der Waals surface area contributed by atoms with Gasteiger partial charge < -0.3 is 9.47 Å². The lowest BCUT2D eigenvalue weighted by Gasteiger charge is -2.11. The molecule has 3 heteroatoms. The van der Waals surface area contributed by atoms with Crippen molar-refractivity contribution in [1.82, 2.24) is 0 Å². The van der Waals surface area contributed by atoms with Crippen LogP contribution in [-0.2, 0) is 14.3 Å². The molecule has 2 atom stereocenters. The molecule has 0 aromatic heterocycles. The third-order valence-corrected chi connectivity index (χ3v) is 4.70. The Bertz CT molecular complexity index is 278. The van der Waals surface area contributed by atoms with Crippen LogP contribution in [0.3, 0.4) is 0 Å². The van der Waals surface area contributed by atoms with Crippen molar-refractivity contribution >= 4 is 5.97 Å². The number of unbranched alkanes of at least 4 members (excludes halogenated alkanes) is 10. The number of hydrogen-bond acceptors (Lipinski definition) is 3. The number of carbonyl (C=O) groups is 1. The zero-order valence-electron chi connectivity index (χ0n) is 14.8. The Morgan fingerprint density at radius 3 is 2.00 bits per heavy atom. The first-order valence-corrected chi connectivity index (χ1v) is 9.51. The quantitative estimate of drug-likeness (QED) is 0.337. The molecule has 0 radical (unpaired) electrons. The SMILES string of the molecule is CCCCCCCCCCCCCC1CCC(C(=O)OC)O1. The molecule has 1 aliphatic rings. The maximum absolute atomic E-state index is 11.4. The van der Waals surface area contributed by atoms with E-state index < -0.39 is 0 Å². The highest BCUT2D eigenvalue weighted by atomic mass is 16.6. The van der Waals surface area contributed by atoms with Crippen molar-refractivity contribution < 1.29 is 14.3 Å². The van der Waals surface area contributed by atoms with E-state index in [4.69, 9.17) is 9.47 Å². The van der Waals surface area contributed by atoms with E-state index in [1.54, 1.807) is 0 Å². The van der Waals surface area contributed by atoms with E-state index in [-0.39, 0.29) is 18.2 Å². The number of carbonyl (C=O) groups excluding carboxylic acids is 1. The van der Waals surface area contributed by atoms with Crippen molar-refractivity contribution in [3.8, 4) is 0 Å². The molecular weight excluding hydrogens is 276 g/mol. The summed E-state index contributed by atoms with van der Waals surface area (Å²) in [7, 11) is 1.43.